The lowest BCUT2D eigenvalue weighted by molar-refractivity contribution is 0.0986. The molecule has 0 heterocycles. The molecular formula is C11H13BrO2. The van der Waals surface area contributed by atoms with Gasteiger partial charge in [0, 0.05) is 17.3 Å². The van der Waals surface area contributed by atoms with Crippen LogP contribution in [0, 0.1) is 6.92 Å². The van der Waals surface area contributed by atoms with E-state index in [1.165, 1.54) is 0 Å². The van der Waals surface area contributed by atoms with Gasteiger partial charge in [-0.3, -0.25) is 4.79 Å². The van der Waals surface area contributed by atoms with E-state index in [1.54, 1.807) is 6.07 Å². The molecule has 1 aromatic carbocycles. The van der Waals surface area contributed by atoms with Crippen molar-refractivity contribution >= 4 is 21.7 Å². The van der Waals surface area contributed by atoms with Crippen molar-refractivity contribution in [3.8, 4) is 0 Å². The fraction of sp³-hybridized carbons (Fsp3) is 0.364. The van der Waals surface area contributed by atoms with Gasteiger partial charge in [-0.1, -0.05) is 34.1 Å². The van der Waals surface area contributed by atoms with Crippen LogP contribution in [0.15, 0.2) is 18.2 Å². The van der Waals surface area contributed by atoms with Gasteiger partial charge in [0.25, 0.3) is 0 Å². The highest BCUT2D eigenvalue weighted by Gasteiger charge is 2.11. The first-order valence-corrected chi connectivity index (χ1v) is 5.61. The van der Waals surface area contributed by atoms with Crippen molar-refractivity contribution in [3.05, 3.63) is 34.9 Å². The van der Waals surface area contributed by atoms with E-state index in [0.717, 1.165) is 11.1 Å². The Kier molecular flexibility index (Phi) is 4.29. The van der Waals surface area contributed by atoms with Crippen molar-refractivity contribution in [2.24, 2.45) is 0 Å². The molecule has 76 valence electrons. The van der Waals surface area contributed by atoms with Gasteiger partial charge in [0.2, 0.25) is 0 Å². The number of aliphatic hydroxyl groups is 1. The Morgan fingerprint density at radius 2 is 2.21 bits per heavy atom. The Labute approximate surface area is 92.1 Å². The summed E-state index contributed by atoms with van der Waals surface area (Å²) in [4.78, 5) is 11.6. The van der Waals surface area contributed by atoms with Crippen molar-refractivity contribution in [1.29, 1.82) is 0 Å². The fourth-order valence-corrected chi connectivity index (χ4v) is 1.75. The third-order valence-electron chi connectivity index (χ3n) is 2.19. The van der Waals surface area contributed by atoms with E-state index in [0.29, 0.717) is 17.3 Å². The minimum atomic E-state index is -0.0734. The van der Waals surface area contributed by atoms with Gasteiger partial charge in [-0.15, -0.1) is 0 Å². The molecule has 3 heteroatoms. The number of rotatable bonds is 4. The van der Waals surface area contributed by atoms with Crippen molar-refractivity contribution in [2.45, 2.75) is 20.0 Å². The van der Waals surface area contributed by atoms with Crippen LogP contribution in [-0.4, -0.2) is 16.2 Å². The highest BCUT2D eigenvalue weighted by atomic mass is 79.9. The number of alkyl halides is 1. The van der Waals surface area contributed by atoms with Gasteiger partial charge in [-0.2, -0.15) is 0 Å². The molecule has 0 fully saturated rings. The maximum Gasteiger partial charge on any atom is 0.164 e. The molecule has 0 aliphatic rings. The number of halogens is 1. The van der Waals surface area contributed by atoms with E-state index in [1.807, 2.05) is 19.1 Å². The number of hydrogen-bond donors (Lipinski definition) is 1. The van der Waals surface area contributed by atoms with Crippen molar-refractivity contribution < 1.29 is 9.90 Å². The van der Waals surface area contributed by atoms with Crippen LogP contribution in [0.2, 0.25) is 0 Å². The van der Waals surface area contributed by atoms with Crippen molar-refractivity contribution in [2.75, 3.05) is 5.33 Å². The zero-order valence-electron chi connectivity index (χ0n) is 8.09. The van der Waals surface area contributed by atoms with Crippen molar-refractivity contribution in [3.63, 3.8) is 0 Å². The SMILES string of the molecule is Cc1cccc(C(=O)CCBr)c1CO. The normalized spacial score (nSPS) is 10.2. The second-order valence-electron chi connectivity index (χ2n) is 3.12. The Morgan fingerprint density at radius 1 is 1.50 bits per heavy atom. The third kappa shape index (κ3) is 2.42. The molecule has 0 unspecified atom stereocenters. The summed E-state index contributed by atoms with van der Waals surface area (Å²) in [5.74, 6) is 0.0784. The first kappa shape index (κ1) is 11.4. The fourth-order valence-electron chi connectivity index (χ4n) is 1.39. The molecule has 14 heavy (non-hydrogen) atoms. The van der Waals surface area contributed by atoms with E-state index in [-0.39, 0.29) is 12.4 Å². The van der Waals surface area contributed by atoms with Gasteiger partial charge in [0.15, 0.2) is 5.78 Å². The molecule has 1 aromatic rings. The number of aryl methyl sites for hydroxylation is 1. The van der Waals surface area contributed by atoms with Crippen LogP contribution in [-0.2, 0) is 6.61 Å². The quantitative estimate of drug-likeness (QED) is 0.664. The molecule has 0 aliphatic carbocycles. The second-order valence-corrected chi connectivity index (χ2v) is 3.91. The van der Waals surface area contributed by atoms with Gasteiger partial charge in [0.1, 0.15) is 0 Å². The Morgan fingerprint density at radius 3 is 2.79 bits per heavy atom. The van der Waals surface area contributed by atoms with E-state index < -0.39 is 0 Å². The topological polar surface area (TPSA) is 37.3 Å². The number of carbonyl (C=O) groups excluding carboxylic acids is 1. The summed E-state index contributed by atoms with van der Waals surface area (Å²) in [6, 6.07) is 5.51. The number of ketones is 1. The van der Waals surface area contributed by atoms with Gasteiger partial charge < -0.3 is 5.11 Å². The summed E-state index contributed by atoms with van der Waals surface area (Å²) >= 11 is 3.23. The highest BCUT2D eigenvalue weighted by molar-refractivity contribution is 9.09. The molecular weight excluding hydrogens is 244 g/mol. The summed E-state index contributed by atoms with van der Waals surface area (Å²) < 4.78 is 0. The second kappa shape index (κ2) is 5.27. The van der Waals surface area contributed by atoms with E-state index in [2.05, 4.69) is 15.9 Å². The van der Waals surface area contributed by atoms with Crippen LogP contribution >= 0.6 is 15.9 Å². The smallest absolute Gasteiger partial charge is 0.164 e. The minimum Gasteiger partial charge on any atom is -0.392 e. The summed E-state index contributed by atoms with van der Waals surface area (Å²) in [6.45, 7) is 1.83. The molecule has 0 radical (unpaired) electrons. The Hall–Kier alpha value is -0.670. The number of benzene rings is 1. The lowest BCUT2D eigenvalue weighted by Gasteiger charge is -2.08. The molecule has 0 atom stereocenters. The molecule has 0 aliphatic heterocycles. The number of hydrogen-bond acceptors (Lipinski definition) is 2. The average Bonchev–Trinajstić information content (AvgIpc) is 2.17. The Bertz CT molecular complexity index is 334. The monoisotopic (exact) mass is 256 g/mol. The number of carbonyl (C=O) groups is 1. The zero-order valence-corrected chi connectivity index (χ0v) is 9.67. The minimum absolute atomic E-state index is 0.0734. The molecule has 0 saturated carbocycles. The first-order valence-electron chi connectivity index (χ1n) is 4.49. The molecule has 0 spiro atoms. The summed E-state index contributed by atoms with van der Waals surface area (Å²) in [7, 11) is 0. The first-order chi connectivity index (χ1) is 6.70. The van der Waals surface area contributed by atoms with E-state index in [9.17, 15) is 4.79 Å². The number of Topliss-reactive ketones (excluding diaryl/α,β-unsaturated/α-hetero) is 1. The zero-order chi connectivity index (χ0) is 10.6. The maximum absolute atomic E-state index is 11.6. The predicted octanol–water partition coefficient (Wildman–Crippen LogP) is 2.46. The lowest BCUT2D eigenvalue weighted by atomic mass is 9.98. The van der Waals surface area contributed by atoms with Gasteiger partial charge in [-0.05, 0) is 18.1 Å². The largest absolute Gasteiger partial charge is 0.392 e. The highest BCUT2D eigenvalue weighted by Crippen LogP contribution is 2.16. The molecule has 0 saturated heterocycles. The molecule has 0 amide bonds. The van der Waals surface area contributed by atoms with E-state index >= 15 is 0 Å². The van der Waals surface area contributed by atoms with Crippen LogP contribution in [0.1, 0.15) is 27.9 Å². The van der Waals surface area contributed by atoms with Crippen LogP contribution in [0.25, 0.3) is 0 Å². The number of aliphatic hydroxyl groups excluding tert-OH is 1. The van der Waals surface area contributed by atoms with Gasteiger partial charge >= 0.3 is 0 Å². The van der Waals surface area contributed by atoms with E-state index in [4.69, 9.17) is 5.11 Å². The molecule has 0 aromatic heterocycles. The summed E-state index contributed by atoms with van der Waals surface area (Å²) in [6.07, 6.45) is 0.469. The molecule has 1 N–H and O–H groups in total. The van der Waals surface area contributed by atoms with Crippen LogP contribution < -0.4 is 0 Å². The van der Waals surface area contributed by atoms with Crippen LogP contribution in [0.3, 0.4) is 0 Å². The third-order valence-corrected chi connectivity index (χ3v) is 2.59. The Balaban J connectivity index is 3.07. The molecule has 1 rings (SSSR count). The summed E-state index contributed by atoms with van der Waals surface area (Å²) in [5, 5.41) is 9.81. The predicted molar refractivity (Wildman–Crippen MR) is 59.8 cm³/mol. The summed E-state index contributed by atoms with van der Waals surface area (Å²) in [5.41, 5.74) is 2.36. The maximum atomic E-state index is 11.6. The van der Waals surface area contributed by atoms with Gasteiger partial charge in [-0.25, -0.2) is 0 Å². The molecule has 0 bridgehead atoms. The lowest BCUT2D eigenvalue weighted by Crippen LogP contribution is -2.05. The standard InChI is InChI=1S/C11H13BrO2/c1-8-3-2-4-9(10(8)7-13)11(14)5-6-12/h2-4,13H,5-7H2,1H3. The van der Waals surface area contributed by atoms with Crippen LogP contribution in [0.5, 0.6) is 0 Å². The van der Waals surface area contributed by atoms with Gasteiger partial charge in [0.05, 0.1) is 6.61 Å². The average molecular weight is 257 g/mol. The van der Waals surface area contributed by atoms with Crippen LogP contribution in [0.4, 0.5) is 0 Å². The molecule has 2 nitrogen and oxygen atoms in total. The van der Waals surface area contributed by atoms with Crippen molar-refractivity contribution in [1.82, 2.24) is 0 Å².